The van der Waals surface area contributed by atoms with E-state index in [0.29, 0.717) is 12.4 Å². The van der Waals surface area contributed by atoms with Gasteiger partial charge in [0.25, 0.3) is 5.56 Å². The van der Waals surface area contributed by atoms with Crippen LogP contribution in [0.25, 0.3) is 10.9 Å². The average molecular weight is 443 g/mol. The van der Waals surface area contributed by atoms with E-state index in [2.05, 4.69) is 31.8 Å². The molecule has 1 aromatic carbocycles. The number of aryl methyl sites for hydroxylation is 1. The molecule has 0 aliphatic heterocycles. The van der Waals surface area contributed by atoms with Crippen molar-refractivity contribution in [2.75, 3.05) is 25.1 Å². The van der Waals surface area contributed by atoms with Gasteiger partial charge in [0.05, 0.1) is 12.1 Å². The van der Waals surface area contributed by atoms with Crippen molar-refractivity contribution in [3.8, 4) is 11.5 Å². The average Bonchev–Trinajstić information content (AvgIpc) is 2.81. The Morgan fingerprint density at radius 1 is 0.938 bits per heavy atom. The molecule has 178 valence electrons. The Labute approximate surface area is 193 Å². The summed E-state index contributed by atoms with van der Waals surface area (Å²) in [6, 6.07) is 6.13. The van der Waals surface area contributed by atoms with Gasteiger partial charge in [-0.2, -0.15) is 0 Å². The maximum Gasteiger partial charge on any atom is 0.297 e. The Morgan fingerprint density at radius 3 is 2.34 bits per heavy atom. The molecule has 0 aliphatic carbocycles. The third kappa shape index (κ3) is 7.61. The molecule has 1 aromatic heterocycles. The molecule has 0 atom stereocenters. The van der Waals surface area contributed by atoms with Crippen molar-refractivity contribution in [2.45, 2.75) is 78.1 Å². The van der Waals surface area contributed by atoms with Crippen LogP contribution in [0, 0.1) is 0 Å². The predicted molar refractivity (Wildman–Crippen MR) is 136 cm³/mol. The van der Waals surface area contributed by atoms with Crippen molar-refractivity contribution in [1.29, 1.82) is 0 Å². The van der Waals surface area contributed by atoms with Crippen LogP contribution in [0.5, 0.6) is 11.5 Å². The smallest absolute Gasteiger partial charge is 0.297 e. The predicted octanol–water partition coefficient (Wildman–Crippen LogP) is 6.83. The van der Waals surface area contributed by atoms with Crippen LogP contribution in [0.3, 0.4) is 0 Å². The van der Waals surface area contributed by atoms with E-state index >= 15 is 0 Å². The summed E-state index contributed by atoms with van der Waals surface area (Å²) in [6.07, 6.45) is 13.7. The number of unbranched alkanes of at least 4 members (excludes halogenated alkanes) is 8. The summed E-state index contributed by atoms with van der Waals surface area (Å²) < 4.78 is 13.5. The van der Waals surface area contributed by atoms with Crippen molar-refractivity contribution < 1.29 is 9.47 Å². The van der Waals surface area contributed by atoms with Gasteiger partial charge in [-0.25, -0.2) is 0 Å². The highest BCUT2D eigenvalue weighted by atomic mass is 16.5. The molecule has 0 radical (unpaired) electrons. The highest BCUT2D eigenvalue weighted by Crippen LogP contribution is 2.34. The number of fused-ring (bicyclic) bond motifs is 1. The first kappa shape index (κ1) is 25.8. The summed E-state index contributed by atoms with van der Waals surface area (Å²) in [5.74, 6) is 0.812. The zero-order chi connectivity index (χ0) is 23.2. The number of pyridine rings is 1. The second-order valence-corrected chi connectivity index (χ2v) is 8.46. The van der Waals surface area contributed by atoms with Crippen molar-refractivity contribution in [3.05, 3.63) is 41.2 Å². The molecule has 0 unspecified atom stereocenters. The number of aromatic nitrogens is 1. The normalized spacial score (nSPS) is 11.0. The lowest BCUT2D eigenvalue weighted by molar-refractivity contribution is 0.276. The third-order valence-corrected chi connectivity index (χ3v) is 5.76. The fourth-order valence-electron chi connectivity index (χ4n) is 3.85. The van der Waals surface area contributed by atoms with Crippen molar-refractivity contribution in [2.24, 2.45) is 7.05 Å². The van der Waals surface area contributed by atoms with Crippen LogP contribution >= 0.6 is 0 Å². The van der Waals surface area contributed by atoms with Crippen LogP contribution < -0.4 is 20.3 Å². The minimum atomic E-state index is -0.184. The highest BCUT2D eigenvalue weighted by Gasteiger charge is 2.18. The standard InChI is InChI=1S/C27H42N2O3/c1-5-8-10-12-13-14-18-28-22-16-17-23-24(21-22)29(4)27(30)26(31-19-7-3)25(23)32-20-15-11-9-6-2/h7,16-17,21,28H,3,5-6,8-15,18-20H2,1-2,4H3. The minimum Gasteiger partial charge on any atom is -0.489 e. The van der Waals surface area contributed by atoms with Crippen LogP contribution in [0.2, 0.25) is 0 Å². The number of ether oxygens (including phenoxy) is 2. The van der Waals surface area contributed by atoms with Gasteiger partial charge < -0.3 is 19.4 Å². The molecule has 2 aromatic rings. The Balaban J connectivity index is 2.18. The first-order valence-electron chi connectivity index (χ1n) is 12.4. The first-order chi connectivity index (χ1) is 15.6. The molecular weight excluding hydrogens is 400 g/mol. The van der Waals surface area contributed by atoms with Gasteiger partial charge in [0.2, 0.25) is 5.75 Å². The number of benzene rings is 1. The molecule has 0 aliphatic rings. The molecule has 2 rings (SSSR count). The minimum absolute atomic E-state index is 0.184. The number of anilines is 1. The van der Waals surface area contributed by atoms with E-state index in [-0.39, 0.29) is 17.9 Å². The van der Waals surface area contributed by atoms with Gasteiger partial charge in [-0.1, -0.05) is 77.9 Å². The molecule has 5 nitrogen and oxygen atoms in total. The van der Waals surface area contributed by atoms with Crippen LogP contribution in [0.15, 0.2) is 35.6 Å². The Bertz CT molecular complexity index is 889. The molecule has 0 spiro atoms. The van der Waals surface area contributed by atoms with Gasteiger partial charge in [-0.3, -0.25) is 4.79 Å². The largest absolute Gasteiger partial charge is 0.489 e. The summed E-state index contributed by atoms with van der Waals surface area (Å²) in [5.41, 5.74) is 1.68. The van der Waals surface area contributed by atoms with Gasteiger partial charge in [-0.05, 0) is 31.0 Å². The van der Waals surface area contributed by atoms with Gasteiger partial charge >= 0.3 is 0 Å². The fourth-order valence-corrected chi connectivity index (χ4v) is 3.85. The summed E-state index contributed by atoms with van der Waals surface area (Å²) in [7, 11) is 1.79. The quantitative estimate of drug-likeness (QED) is 0.215. The number of nitrogens with one attached hydrogen (secondary N) is 1. The fraction of sp³-hybridized carbons (Fsp3) is 0.593. The van der Waals surface area contributed by atoms with Crippen molar-refractivity contribution in [3.63, 3.8) is 0 Å². The highest BCUT2D eigenvalue weighted by molar-refractivity contribution is 5.90. The Morgan fingerprint density at radius 2 is 1.62 bits per heavy atom. The molecule has 0 saturated heterocycles. The molecule has 0 saturated carbocycles. The van der Waals surface area contributed by atoms with Crippen LogP contribution in [0.1, 0.15) is 78.1 Å². The lowest BCUT2D eigenvalue weighted by atomic mass is 10.1. The van der Waals surface area contributed by atoms with E-state index in [0.717, 1.165) is 42.4 Å². The van der Waals surface area contributed by atoms with E-state index in [1.807, 2.05) is 12.1 Å². The monoisotopic (exact) mass is 442 g/mol. The molecule has 0 bridgehead atoms. The Kier molecular flexibility index (Phi) is 11.8. The molecule has 32 heavy (non-hydrogen) atoms. The van der Waals surface area contributed by atoms with E-state index in [9.17, 15) is 4.79 Å². The van der Waals surface area contributed by atoms with Crippen LogP contribution in [0.4, 0.5) is 5.69 Å². The summed E-state index contributed by atoms with van der Waals surface area (Å²) >= 11 is 0. The molecule has 1 N–H and O–H groups in total. The molecule has 0 fully saturated rings. The van der Waals surface area contributed by atoms with Gasteiger partial charge in [0.1, 0.15) is 6.61 Å². The van der Waals surface area contributed by atoms with Crippen LogP contribution in [-0.4, -0.2) is 24.3 Å². The van der Waals surface area contributed by atoms with Gasteiger partial charge in [-0.15, -0.1) is 0 Å². The van der Waals surface area contributed by atoms with Gasteiger partial charge in [0, 0.05) is 24.7 Å². The number of rotatable bonds is 17. The summed E-state index contributed by atoms with van der Waals surface area (Å²) in [5, 5.41) is 4.40. The third-order valence-electron chi connectivity index (χ3n) is 5.76. The number of hydrogen-bond donors (Lipinski definition) is 1. The van der Waals surface area contributed by atoms with E-state index in [1.165, 1.54) is 44.9 Å². The molecule has 0 amide bonds. The second kappa shape index (κ2) is 14.6. The van der Waals surface area contributed by atoms with Gasteiger partial charge in [0.15, 0.2) is 5.75 Å². The topological polar surface area (TPSA) is 52.5 Å². The zero-order valence-electron chi connectivity index (χ0n) is 20.4. The lowest BCUT2D eigenvalue weighted by Crippen LogP contribution is -2.21. The zero-order valence-corrected chi connectivity index (χ0v) is 20.4. The van der Waals surface area contributed by atoms with Crippen LogP contribution in [-0.2, 0) is 7.05 Å². The van der Waals surface area contributed by atoms with E-state index < -0.39 is 0 Å². The number of nitrogens with zero attached hydrogens (tertiary/aromatic N) is 1. The number of hydrogen-bond acceptors (Lipinski definition) is 4. The summed E-state index contributed by atoms with van der Waals surface area (Å²) in [4.78, 5) is 13.0. The molecular formula is C27H42N2O3. The van der Waals surface area contributed by atoms with E-state index in [1.54, 1.807) is 17.7 Å². The SMILES string of the molecule is C=CCOc1c(OCCCCCC)c2ccc(NCCCCCCCC)cc2n(C)c1=O. The molecule has 1 heterocycles. The lowest BCUT2D eigenvalue weighted by Gasteiger charge is -2.17. The second-order valence-electron chi connectivity index (χ2n) is 8.46. The Hall–Kier alpha value is -2.43. The van der Waals surface area contributed by atoms with Crippen molar-refractivity contribution in [1.82, 2.24) is 4.57 Å². The first-order valence-corrected chi connectivity index (χ1v) is 12.4. The molecule has 5 heteroatoms. The maximum atomic E-state index is 13.0. The van der Waals surface area contributed by atoms with Crippen molar-refractivity contribution >= 4 is 16.6 Å². The van der Waals surface area contributed by atoms with E-state index in [4.69, 9.17) is 9.47 Å². The summed E-state index contributed by atoms with van der Waals surface area (Å²) in [6.45, 7) is 9.91. The maximum absolute atomic E-state index is 13.0.